The second kappa shape index (κ2) is 7.21. The van der Waals surface area contributed by atoms with Gasteiger partial charge in [0, 0.05) is 6.54 Å². The van der Waals surface area contributed by atoms with E-state index in [1.54, 1.807) is 13.0 Å². The van der Waals surface area contributed by atoms with Crippen molar-refractivity contribution in [1.29, 1.82) is 0 Å². The fourth-order valence-electron chi connectivity index (χ4n) is 1.66. The Labute approximate surface area is 124 Å². The first-order chi connectivity index (χ1) is 9.83. The van der Waals surface area contributed by atoms with Crippen molar-refractivity contribution in [2.75, 3.05) is 12.3 Å². The summed E-state index contributed by atoms with van der Waals surface area (Å²) in [6, 6.07) is 5.80. The maximum Gasteiger partial charge on any atom is 0.340 e. The van der Waals surface area contributed by atoms with Gasteiger partial charge < -0.3 is 10.1 Å². The molecule has 1 aromatic rings. The number of rotatable bonds is 6. The highest BCUT2D eigenvalue weighted by atomic mass is 32.2. The molecule has 116 valence electrons. The van der Waals surface area contributed by atoms with E-state index in [0.717, 1.165) is 0 Å². The van der Waals surface area contributed by atoms with E-state index in [9.17, 15) is 18.0 Å². The summed E-state index contributed by atoms with van der Waals surface area (Å²) in [6.07, 6.45) is -0.991. The van der Waals surface area contributed by atoms with Crippen molar-refractivity contribution in [1.82, 2.24) is 5.32 Å². The molecule has 6 nitrogen and oxygen atoms in total. The van der Waals surface area contributed by atoms with E-state index >= 15 is 0 Å². The number of amides is 1. The molecule has 0 saturated carbocycles. The molecule has 0 aliphatic rings. The molecule has 0 aliphatic carbocycles. The molecule has 1 atom stereocenters. The first-order valence-electron chi connectivity index (χ1n) is 6.64. The van der Waals surface area contributed by atoms with Crippen LogP contribution in [0, 0.1) is 0 Å². The van der Waals surface area contributed by atoms with Gasteiger partial charge in [0.25, 0.3) is 5.91 Å². The van der Waals surface area contributed by atoms with E-state index in [2.05, 4.69) is 5.32 Å². The molecule has 1 N–H and O–H groups in total. The third kappa shape index (κ3) is 4.29. The van der Waals surface area contributed by atoms with Gasteiger partial charge in [-0.25, -0.2) is 13.2 Å². The molecule has 21 heavy (non-hydrogen) atoms. The normalized spacial score (nSPS) is 12.5. The summed E-state index contributed by atoms with van der Waals surface area (Å²) >= 11 is 0. The molecule has 0 unspecified atom stereocenters. The predicted octanol–water partition coefficient (Wildman–Crippen LogP) is 1.16. The lowest BCUT2D eigenvalue weighted by Gasteiger charge is -2.14. The Hall–Kier alpha value is -1.89. The SMILES string of the molecule is CCNC(=O)[C@H](C)OC(=O)c1ccccc1S(=O)(=O)CC. The molecule has 7 heteroatoms. The zero-order chi connectivity index (χ0) is 16.0. The van der Waals surface area contributed by atoms with Crippen molar-refractivity contribution in [2.24, 2.45) is 0 Å². The van der Waals surface area contributed by atoms with Gasteiger partial charge in [0.1, 0.15) is 0 Å². The third-order valence-corrected chi connectivity index (χ3v) is 4.61. The predicted molar refractivity (Wildman–Crippen MR) is 77.7 cm³/mol. The lowest BCUT2D eigenvalue weighted by atomic mass is 10.2. The Balaban J connectivity index is 3.02. The fraction of sp³-hybridized carbons (Fsp3) is 0.429. The number of carbonyl (C=O) groups excluding carboxylic acids is 2. The van der Waals surface area contributed by atoms with Gasteiger partial charge in [-0.15, -0.1) is 0 Å². The summed E-state index contributed by atoms with van der Waals surface area (Å²) in [7, 11) is -3.54. The molecule has 0 radical (unpaired) electrons. The molecule has 1 aromatic carbocycles. The average molecular weight is 313 g/mol. The Bertz CT molecular complexity index is 624. The Morgan fingerprint density at radius 1 is 1.24 bits per heavy atom. The number of nitrogens with one attached hydrogen (secondary N) is 1. The molecule has 0 aromatic heterocycles. The Morgan fingerprint density at radius 3 is 2.43 bits per heavy atom. The molecular formula is C14H19NO5S. The van der Waals surface area contributed by atoms with Crippen LogP contribution in [0.15, 0.2) is 29.2 Å². The highest BCUT2D eigenvalue weighted by Crippen LogP contribution is 2.18. The van der Waals surface area contributed by atoms with Crippen LogP contribution in [-0.2, 0) is 19.4 Å². The van der Waals surface area contributed by atoms with E-state index in [1.165, 1.54) is 32.0 Å². The van der Waals surface area contributed by atoms with Crippen molar-refractivity contribution in [3.8, 4) is 0 Å². The average Bonchev–Trinajstić information content (AvgIpc) is 2.47. The Kier molecular flexibility index (Phi) is 5.90. The van der Waals surface area contributed by atoms with E-state index in [1.807, 2.05) is 0 Å². The second-order valence-electron chi connectivity index (χ2n) is 4.34. The van der Waals surface area contributed by atoms with Crippen LogP contribution in [-0.4, -0.2) is 38.7 Å². The maximum absolute atomic E-state index is 12.1. The van der Waals surface area contributed by atoms with E-state index in [4.69, 9.17) is 4.74 Å². The number of hydrogen-bond acceptors (Lipinski definition) is 5. The van der Waals surface area contributed by atoms with Gasteiger partial charge in [0.05, 0.1) is 16.2 Å². The largest absolute Gasteiger partial charge is 0.449 e. The lowest BCUT2D eigenvalue weighted by molar-refractivity contribution is -0.128. The van der Waals surface area contributed by atoms with E-state index in [0.29, 0.717) is 6.54 Å². The summed E-state index contributed by atoms with van der Waals surface area (Å²) in [6.45, 7) is 5.09. The summed E-state index contributed by atoms with van der Waals surface area (Å²) in [5, 5.41) is 2.52. The van der Waals surface area contributed by atoms with Crippen molar-refractivity contribution >= 4 is 21.7 Å². The van der Waals surface area contributed by atoms with Crippen LogP contribution in [0.4, 0.5) is 0 Å². The highest BCUT2D eigenvalue weighted by Gasteiger charge is 2.24. The summed E-state index contributed by atoms with van der Waals surface area (Å²) in [5.74, 6) is -1.38. The van der Waals surface area contributed by atoms with Gasteiger partial charge in [-0.3, -0.25) is 4.79 Å². The van der Waals surface area contributed by atoms with Crippen LogP contribution in [0.3, 0.4) is 0 Å². The van der Waals surface area contributed by atoms with E-state index in [-0.39, 0.29) is 16.2 Å². The molecule has 0 saturated heterocycles. The van der Waals surface area contributed by atoms with Gasteiger partial charge in [-0.2, -0.15) is 0 Å². The Morgan fingerprint density at radius 2 is 1.86 bits per heavy atom. The van der Waals surface area contributed by atoms with Crippen molar-refractivity contribution in [3.63, 3.8) is 0 Å². The number of ether oxygens (including phenoxy) is 1. The standard InChI is InChI=1S/C14H19NO5S/c1-4-15-13(16)10(3)20-14(17)11-8-6-7-9-12(11)21(18,19)5-2/h6-10H,4-5H2,1-3H3,(H,15,16)/t10-/m0/s1. The first kappa shape index (κ1) is 17.2. The number of hydrogen-bond donors (Lipinski definition) is 1. The van der Waals surface area contributed by atoms with Crippen molar-refractivity contribution in [2.45, 2.75) is 31.8 Å². The molecule has 0 aliphatic heterocycles. The number of esters is 1. The molecule has 0 spiro atoms. The van der Waals surface area contributed by atoms with Gasteiger partial charge in [0.15, 0.2) is 15.9 Å². The van der Waals surface area contributed by atoms with Crippen LogP contribution >= 0.6 is 0 Å². The zero-order valence-electron chi connectivity index (χ0n) is 12.3. The minimum atomic E-state index is -3.54. The summed E-state index contributed by atoms with van der Waals surface area (Å²) < 4.78 is 28.9. The molecule has 0 fully saturated rings. The summed E-state index contributed by atoms with van der Waals surface area (Å²) in [5.41, 5.74) is -0.0597. The van der Waals surface area contributed by atoms with Crippen molar-refractivity contribution in [3.05, 3.63) is 29.8 Å². The highest BCUT2D eigenvalue weighted by molar-refractivity contribution is 7.91. The number of likely N-dealkylation sites (N-methyl/N-ethyl adjacent to an activating group) is 1. The van der Waals surface area contributed by atoms with Gasteiger partial charge in [0.2, 0.25) is 0 Å². The van der Waals surface area contributed by atoms with E-state index < -0.39 is 27.8 Å². The number of sulfone groups is 1. The van der Waals surface area contributed by atoms with Crippen LogP contribution in [0.5, 0.6) is 0 Å². The van der Waals surface area contributed by atoms with Crippen molar-refractivity contribution < 1.29 is 22.7 Å². The van der Waals surface area contributed by atoms with Crippen LogP contribution < -0.4 is 5.32 Å². The lowest BCUT2D eigenvalue weighted by Crippen LogP contribution is -2.35. The van der Waals surface area contributed by atoms with Gasteiger partial charge in [-0.1, -0.05) is 19.1 Å². The minimum Gasteiger partial charge on any atom is -0.449 e. The molecule has 1 rings (SSSR count). The van der Waals surface area contributed by atoms with Gasteiger partial charge in [-0.05, 0) is 26.0 Å². The number of carbonyl (C=O) groups is 2. The molecule has 0 bridgehead atoms. The van der Waals surface area contributed by atoms with Crippen LogP contribution in [0.2, 0.25) is 0 Å². The maximum atomic E-state index is 12.1. The quantitative estimate of drug-likeness (QED) is 0.796. The molecule has 1 amide bonds. The first-order valence-corrected chi connectivity index (χ1v) is 8.29. The minimum absolute atomic E-state index is 0.0597. The van der Waals surface area contributed by atoms with Crippen LogP contribution in [0.25, 0.3) is 0 Å². The van der Waals surface area contributed by atoms with Gasteiger partial charge >= 0.3 is 5.97 Å². The van der Waals surface area contributed by atoms with Crippen LogP contribution in [0.1, 0.15) is 31.1 Å². The molecule has 0 heterocycles. The monoisotopic (exact) mass is 313 g/mol. The summed E-state index contributed by atoms with van der Waals surface area (Å²) in [4.78, 5) is 23.5. The number of benzene rings is 1. The zero-order valence-corrected chi connectivity index (χ0v) is 13.1. The second-order valence-corrected chi connectivity index (χ2v) is 6.59. The third-order valence-electron chi connectivity index (χ3n) is 2.83. The molecular weight excluding hydrogens is 294 g/mol. The topological polar surface area (TPSA) is 89.5 Å². The fourth-order valence-corrected chi connectivity index (χ4v) is 2.74. The smallest absolute Gasteiger partial charge is 0.340 e.